The molecule has 1 amide bonds. The highest BCUT2D eigenvalue weighted by Gasteiger charge is 2.18. The van der Waals surface area contributed by atoms with Gasteiger partial charge in [0.15, 0.2) is 11.4 Å². The summed E-state index contributed by atoms with van der Waals surface area (Å²) in [5.74, 6) is -0.312. The van der Waals surface area contributed by atoms with Gasteiger partial charge in [0.1, 0.15) is 0 Å². The smallest absolute Gasteiger partial charge is 0.256 e. The molecule has 3 aromatic heterocycles. The molecule has 0 spiro atoms. The molecule has 7 heteroatoms. The Morgan fingerprint density at radius 1 is 1.18 bits per heavy atom. The van der Waals surface area contributed by atoms with Gasteiger partial charge in [-0.1, -0.05) is 18.2 Å². The highest BCUT2D eigenvalue weighted by molar-refractivity contribution is 7.13. The predicted molar refractivity (Wildman–Crippen MR) is 111 cm³/mol. The number of anilines is 1. The number of fused-ring (bicyclic) bond motifs is 1. The van der Waals surface area contributed by atoms with E-state index in [9.17, 15) is 9.59 Å². The van der Waals surface area contributed by atoms with Crippen molar-refractivity contribution in [2.75, 3.05) is 5.32 Å². The standard InChI is InChI=1S/C21H18N4O2S/c1-3-25-20-17(12-22-25)16(11-18(24-20)19-8-5-9-28-19)21(27)23-15-7-4-6-14(10-15)13(2)26/h4-12H,3H2,1-2H3,(H,23,27). The number of rotatable bonds is 5. The Morgan fingerprint density at radius 3 is 2.75 bits per heavy atom. The number of Topliss-reactive ketones (excluding diaryl/α,β-unsaturated/α-hetero) is 1. The summed E-state index contributed by atoms with van der Waals surface area (Å²) in [5.41, 5.74) is 3.04. The molecule has 0 fully saturated rings. The number of hydrogen-bond donors (Lipinski definition) is 1. The first-order chi connectivity index (χ1) is 13.6. The number of benzene rings is 1. The van der Waals surface area contributed by atoms with Crippen LogP contribution in [0.4, 0.5) is 5.69 Å². The molecule has 1 N–H and O–H groups in total. The number of amides is 1. The van der Waals surface area contributed by atoms with Crippen LogP contribution >= 0.6 is 11.3 Å². The van der Waals surface area contributed by atoms with Gasteiger partial charge in [-0.15, -0.1) is 11.3 Å². The van der Waals surface area contributed by atoms with Gasteiger partial charge in [-0.05, 0) is 43.5 Å². The zero-order valence-electron chi connectivity index (χ0n) is 15.5. The van der Waals surface area contributed by atoms with E-state index >= 15 is 0 Å². The fourth-order valence-electron chi connectivity index (χ4n) is 3.03. The third-order valence-electron chi connectivity index (χ3n) is 4.45. The minimum atomic E-state index is -0.262. The Labute approximate surface area is 165 Å². The number of pyridine rings is 1. The molecule has 0 saturated carbocycles. The summed E-state index contributed by atoms with van der Waals surface area (Å²) in [4.78, 5) is 30.4. The van der Waals surface area contributed by atoms with Crippen molar-refractivity contribution in [1.82, 2.24) is 14.8 Å². The van der Waals surface area contributed by atoms with Crippen molar-refractivity contribution < 1.29 is 9.59 Å². The van der Waals surface area contributed by atoms with E-state index in [1.165, 1.54) is 6.92 Å². The molecular formula is C21H18N4O2S. The summed E-state index contributed by atoms with van der Waals surface area (Å²) >= 11 is 1.57. The normalized spacial score (nSPS) is 10.9. The lowest BCUT2D eigenvalue weighted by molar-refractivity contribution is 0.101. The van der Waals surface area contributed by atoms with Gasteiger partial charge in [-0.25, -0.2) is 9.67 Å². The van der Waals surface area contributed by atoms with Crippen LogP contribution in [0.1, 0.15) is 34.6 Å². The van der Waals surface area contributed by atoms with Crippen molar-refractivity contribution in [3.05, 3.63) is 65.2 Å². The Balaban J connectivity index is 1.78. The van der Waals surface area contributed by atoms with Crippen molar-refractivity contribution in [2.24, 2.45) is 0 Å². The van der Waals surface area contributed by atoms with Crippen LogP contribution in [0.25, 0.3) is 21.6 Å². The summed E-state index contributed by atoms with van der Waals surface area (Å²) < 4.78 is 1.78. The third kappa shape index (κ3) is 3.32. The SMILES string of the molecule is CCn1ncc2c(C(=O)Nc3cccc(C(C)=O)c3)cc(-c3cccs3)nc21. The Bertz CT molecular complexity index is 1180. The van der Waals surface area contributed by atoms with Gasteiger partial charge in [0.05, 0.1) is 27.7 Å². The van der Waals surface area contributed by atoms with Gasteiger partial charge in [0.25, 0.3) is 5.91 Å². The second-order valence-electron chi connectivity index (χ2n) is 6.32. The number of ketones is 1. The molecule has 0 atom stereocenters. The molecule has 0 unspecified atom stereocenters. The molecule has 6 nitrogen and oxygen atoms in total. The maximum absolute atomic E-state index is 13.1. The van der Waals surface area contributed by atoms with Gasteiger partial charge < -0.3 is 5.32 Å². The highest BCUT2D eigenvalue weighted by Crippen LogP contribution is 2.28. The fraction of sp³-hybridized carbons (Fsp3) is 0.143. The van der Waals surface area contributed by atoms with Gasteiger partial charge in [0.2, 0.25) is 0 Å². The molecule has 28 heavy (non-hydrogen) atoms. The van der Waals surface area contributed by atoms with Gasteiger partial charge >= 0.3 is 0 Å². The number of aromatic nitrogens is 3. The predicted octanol–water partition coefficient (Wildman–Crippen LogP) is 4.63. The van der Waals surface area contributed by atoms with E-state index in [4.69, 9.17) is 4.98 Å². The molecule has 4 aromatic rings. The molecule has 0 aliphatic heterocycles. The van der Waals surface area contributed by atoms with Crippen LogP contribution in [0.2, 0.25) is 0 Å². The molecule has 140 valence electrons. The van der Waals surface area contributed by atoms with E-state index < -0.39 is 0 Å². The minimum Gasteiger partial charge on any atom is -0.322 e. The van der Waals surface area contributed by atoms with Crippen molar-refractivity contribution >= 4 is 39.7 Å². The lowest BCUT2D eigenvalue weighted by Gasteiger charge is -2.09. The summed E-state index contributed by atoms with van der Waals surface area (Å²) in [5, 5.41) is 9.92. The zero-order chi connectivity index (χ0) is 19.7. The van der Waals surface area contributed by atoms with Crippen LogP contribution < -0.4 is 5.32 Å². The first kappa shape index (κ1) is 18.1. The second-order valence-corrected chi connectivity index (χ2v) is 7.27. The molecule has 0 aliphatic rings. The van der Waals surface area contributed by atoms with Crippen molar-refractivity contribution in [1.29, 1.82) is 0 Å². The average Bonchev–Trinajstić information content (AvgIpc) is 3.37. The lowest BCUT2D eigenvalue weighted by Crippen LogP contribution is -2.13. The van der Waals surface area contributed by atoms with Gasteiger partial charge in [0, 0.05) is 17.8 Å². The molecule has 0 radical (unpaired) electrons. The molecule has 0 aliphatic carbocycles. The quantitative estimate of drug-likeness (QED) is 0.504. The van der Waals surface area contributed by atoms with E-state index in [2.05, 4.69) is 10.4 Å². The zero-order valence-corrected chi connectivity index (χ0v) is 16.3. The molecule has 3 heterocycles. The fourth-order valence-corrected chi connectivity index (χ4v) is 3.72. The number of nitrogens with zero attached hydrogens (tertiary/aromatic N) is 3. The second kappa shape index (κ2) is 7.36. The number of aryl methyl sites for hydroxylation is 1. The number of nitrogens with one attached hydrogen (secondary N) is 1. The molecule has 0 bridgehead atoms. The van der Waals surface area contributed by atoms with E-state index in [-0.39, 0.29) is 11.7 Å². The van der Waals surface area contributed by atoms with E-state index in [1.54, 1.807) is 52.5 Å². The van der Waals surface area contributed by atoms with Gasteiger partial charge in [-0.2, -0.15) is 5.10 Å². The average molecular weight is 390 g/mol. The summed E-state index contributed by atoms with van der Waals surface area (Å²) in [6.07, 6.45) is 1.67. The number of carbonyl (C=O) groups is 2. The van der Waals surface area contributed by atoms with Crippen LogP contribution in [-0.4, -0.2) is 26.5 Å². The lowest BCUT2D eigenvalue weighted by atomic mass is 10.1. The summed E-state index contributed by atoms with van der Waals surface area (Å²) in [6.45, 7) is 4.14. The molecule has 4 rings (SSSR count). The van der Waals surface area contributed by atoms with E-state index in [1.807, 2.05) is 24.4 Å². The Morgan fingerprint density at radius 2 is 2.04 bits per heavy atom. The topological polar surface area (TPSA) is 76.9 Å². The number of hydrogen-bond acceptors (Lipinski definition) is 5. The minimum absolute atomic E-state index is 0.0494. The van der Waals surface area contributed by atoms with E-state index in [0.717, 1.165) is 10.6 Å². The largest absolute Gasteiger partial charge is 0.322 e. The third-order valence-corrected chi connectivity index (χ3v) is 5.35. The maximum Gasteiger partial charge on any atom is 0.256 e. The number of thiophene rings is 1. The Kier molecular flexibility index (Phi) is 4.75. The first-order valence-electron chi connectivity index (χ1n) is 8.89. The van der Waals surface area contributed by atoms with Crippen molar-refractivity contribution in [3.8, 4) is 10.6 Å². The maximum atomic E-state index is 13.1. The van der Waals surface area contributed by atoms with Crippen LogP contribution in [0.5, 0.6) is 0 Å². The van der Waals surface area contributed by atoms with Crippen LogP contribution in [0.3, 0.4) is 0 Å². The summed E-state index contributed by atoms with van der Waals surface area (Å²) in [7, 11) is 0. The Hall–Kier alpha value is -3.32. The molecule has 1 aromatic carbocycles. The van der Waals surface area contributed by atoms with Gasteiger partial charge in [-0.3, -0.25) is 9.59 Å². The monoisotopic (exact) mass is 390 g/mol. The summed E-state index contributed by atoms with van der Waals surface area (Å²) in [6, 6.07) is 12.6. The molecule has 0 saturated heterocycles. The van der Waals surface area contributed by atoms with Crippen LogP contribution in [0.15, 0.2) is 54.0 Å². The number of carbonyl (C=O) groups excluding carboxylic acids is 2. The van der Waals surface area contributed by atoms with Crippen molar-refractivity contribution in [3.63, 3.8) is 0 Å². The molecular weight excluding hydrogens is 372 g/mol. The van der Waals surface area contributed by atoms with E-state index in [0.29, 0.717) is 34.4 Å². The van der Waals surface area contributed by atoms with Crippen LogP contribution in [0, 0.1) is 0 Å². The van der Waals surface area contributed by atoms with Crippen molar-refractivity contribution in [2.45, 2.75) is 20.4 Å². The highest BCUT2D eigenvalue weighted by atomic mass is 32.1. The first-order valence-corrected chi connectivity index (χ1v) is 9.77. The van der Waals surface area contributed by atoms with Crippen LogP contribution in [-0.2, 0) is 6.54 Å².